The summed E-state index contributed by atoms with van der Waals surface area (Å²) in [4.78, 5) is 0.359. The molecule has 0 fully saturated rings. The first-order chi connectivity index (χ1) is 13.4. The zero-order valence-electron chi connectivity index (χ0n) is 16.4. The van der Waals surface area contributed by atoms with E-state index in [-0.39, 0.29) is 17.9 Å². The van der Waals surface area contributed by atoms with E-state index in [4.69, 9.17) is 4.74 Å². The molecule has 2 bridgehead atoms. The summed E-state index contributed by atoms with van der Waals surface area (Å²) < 4.78 is 33.7. The summed E-state index contributed by atoms with van der Waals surface area (Å²) in [6, 6.07) is 14.9. The molecule has 2 aliphatic heterocycles. The second-order valence-electron chi connectivity index (χ2n) is 7.58. The lowest BCUT2D eigenvalue weighted by Gasteiger charge is -2.37. The molecule has 3 atom stereocenters. The van der Waals surface area contributed by atoms with Gasteiger partial charge in [-0.25, -0.2) is 8.42 Å². The van der Waals surface area contributed by atoms with E-state index >= 15 is 0 Å². The summed E-state index contributed by atoms with van der Waals surface area (Å²) in [5.74, 6) is 0.964. The predicted molar refractivity (Wildman–Crippen MR) is 112 cm³/mol. The van der Waals surface area contributed by atoms with Crippen molar-refractivity contribution in [3.63, 3.8) is 0 Å². The predicted octanol–water partition coefficient (Wildman–Crippen LogP) is 4.28. The number of hydrogen-bond acceptors (Lipinski definition) is 3. The second-order valence-corrected chi connectivity index (χ2v) is 9.47. The van der Waals surface area contributed by atoms with Crippen LogP contribution in [0.5, 0.6) is 5.75 Å². The lowest BCUT2D eigenvalue weighted by atomic mass is 9.88. The maximum atomic E-state index is 13.4. The van der Waals surface area contributed by atoms with Crippen molar-refractivity contribution in [2.45, 2.75) is 24.8 Å². The third kappa shape index (κ3) is 3.29. The van der Waals surface area contributed by atoms with E-state index in [2.05, 4.69) is 25.2 Å². The minimum Gasteiger partial charge on any atom is -0.497 e. The molecule has 2 aromatic rings. The first kappa shape index (κ1) is 19.0. The molecule has 0 radical (unpaired) electrons. The molecule has 5 rings (SSSR count). The van der Waals surface area contributed by atoms with Crippen molar-refractivity contribution in [2.24, 2.45) is 11.8 Å². The Morgan fingerprint density at radius 3 is 2.32 bits per heavy atom. The highest BCUT2D eigenvalue weighted by Crippen LogP contribution is 2.39. The number of fused-ring (bicyclic) bond motifs is 2. The van der Waals surface area contributed by atoms with Gasteiger partial charge in [0.1, 0.15) is 5.75 Å². The molecule has 2 aromatic carbocycles. The zero-order chi connectivity index (χ0) is 19.9. The highest BCUT2D eigenvalue weighted by Gasteiger charge is 2.40. The van der Waals surface area contributed by atoms with Gasteiger partial charge in [-0.05, 0) is 48.2 Å². The molecule has 0 aromatic heterocycles. The van der Waals surface area contributed by atoms with Gasteiger partial charge in [0.15, 0.2) is 0 Å². The van der Waals surface area contributed by atoms with E-state index in [0.29, 0.717) is 11.4 Å². The van der Waals surface area contributed by atoms with Gasteiger partial charge in [0, 0.05) is 18.5 Å². The lowest BCUT2D eigenvalue weighted by Crippen LogP contribution is -2.46. The van der Waals surface area contributed by atoms with Crippen LogP contribution >= 0.6 is 0 Å². The molecule has 146 valence electrons. The molecule has 0 saturated carbocycles. The fourth-order valence-corrected chi connectivity index (χ4v) is 5.69. The molecule has 4 nitrogen and oxygen atoms in total. The number of benzene rings is 2. The Morgan fingerprint density at radius 2 is 1.68 bits per heavy atom. The van der Waals surface area contributed by atoms with Crippen LogP contribution in [-0.2, 0) is 10.0 Å². The smallest absolute Gasteiger partial charge is 0.243 e. The molecule has 28 heavy (non-hydrogen) atoms. The summed E-state index contributed by atoms with van der Waals surface area (Å²) in [7, 11) is -1.90. The molecule has 2 heterocycles. The van der Waals surface area contributed by atoms with Crippen LogP contribution in [0.3, 0.4) is 0 Å². The van der Waals surface area contributed by atoms with Gasteiger partial charge in [-0.3, -0.25) is 0 Å². The van der Waals surface area contributed by atoms with Gasteiger partial charge in [0.2, 0.25) is 10.0 Å². The Bertz CT molecular complexity index is 1020. The van der Waals surface area contributed by atoms with Crippen molar-refractivity contribution in [1.29, 1.82) is 0 Å². The highest BCUT2D eigenvalue weighted by atomic mass is 32.2. The Hall–Kier alpha value is -2.37. The number of nitrogens with zero attached hydrogens (tertiary/aromatic N) is 1. The molecule has 1 aliphatic carbocycles. The van der Waals surface area contributed by atoms with Gasteiger partial charge >= 0.3 is 0 Å². The molecular weight excluding hydrogens is 370 g/mol. The molecule has 0 N–H and O–H groups in total. The van der Waals surface area contributed by atoms with Gasteiger partial charge in [-0.2, -0.15) is 4.31 Å². The van der Waals surface area contributed by atoms with Crippen molar-refractivity contribution < 1.29 is 13.2 Å². The van der Waals surface area contributed by atoms with Gasteiger partial charge in [0.05, 0.1) is 12.0 Å². The fraction of sp³-hybridized carbons (Fsp3) is 0.304. The lowest BCUT2D eigenvalue weighted by molar-refractivity contribution is 0.308. The van der Waals surface area contributed by atoms with Crippen LogP contribution in [0.15, 0.2) is 71.7 Å². The van der Waals surface area contributed by atoms with Crippen LogP contribution in [0.1, 0.15) is 18.1 Å². The van der Waals surface area contributed by atoms with E-state index in [9.17, 15) is 8.42 Å². The third-order valence-corrected chi connectivity index (χ3v) is 7.57. The number of aryl methyl sites for hydroxylation is 1. The van der Waals surface area contributed by atoms with E-state index < -0.39 is 10.0 Å². The van der Waals surface area contributed by atoms with Crippen LogP contribution in [0.2, 0.25) is 0 Å². The molecule has 0 amide bonds. The number of rotatable bonds is 4. The normalized spacial score (nSPS) is 24.7. The average molecular weight is 396 g/mol. The van der Waals surface area contributed by atoms with Crippen molar-refractivity contribution >= 4 is 15.6 Å². The minimum absolute atomic E-state index is 0.0369. The van der Waals surface area contributed by atoms with E-state index in [1.807, 2.05) is 43.3 Å². The van der Waals surface area contributed by atoms with Crippen LogP contribution in [0, 0.1) is 18.8 Å². The summed E-state index contributed by atoms with van der Waals surface area (Å²) in [5.41, 5.74) is 3.35. The molecule has 5 heteroatoms. The summed E-state index contributed by atoms with van der Waals surface area (Å²) in [6.45, 7) is 4.49. The van der Waals surface area contributed by atoms with Gasteiger partial charge < -0.3 is 4.74 Å². The summed E-state index contributed by atoms with van der Waals surface area (Å²) in [5, 5.41) is 0. The van der Waals surface area contributed by atoms with Crippen molar-refractivity contribution in [3.05, 3.63) is 77.9 Å². The standard InChI is InChI=1S/C23H25NO3S/c1-16-4-12-21(13-5-16)28(25,26)24-15-19-7-6-17(2)23(24)14-22(19)18-8-10-20(27-3)11-9-18/h4-14,17,19,23H,15H2,1-3H3. The van der Waals surface area contributed by atoms with Gasteiger partial charge in [0.25, 0.3) is 0 Å². The maximum Gasteiger partial charge on any atom is 0.243 e. The SMILES string of the molecule is COc1ccc(C2=CC3C(C)C=CC2CN3S(=O)(=O)c2ccc(C)cc2)cc1. The molecule has 0 saturated heterocycles. The Morgan fingerprint density at radius 1 is 1.00 bits per heavy atom. The molecule has 3 unspecified atom stereocenters. The van der Waals surface area contributed by atoms with Crippen LogP contribution in [-0.4, -0.2) is 32.4 Å². The van der Waals surface area contributed by atoms with Crippen LogP contribution < -0.4 is 4.74 Å². The fourth-order valence-electron chi connectivity index (χ4n) is 4.00. The second kappa shape index (κ2) is 7.22. The number of methoxy groups -OCH3 is 1. The Labute approximate surface area is 167 Å². The van der Waals surface area contributed by atoms with E-state index in [1.54, 1.807) is 23.5 Å². The highest BCUT2D eigenvalue weighted by molar-refractivity contribution is 7.89. The quantitative estimate of drug-likeness (QED) is 0.726. The first-order valence-corrected chi connectivity index (χ1v) is 11.0. The minimum atomic E-state index is -3.55. The Kier molecular flexibility index (Phi) is 4.89. The van der Waals surface area contributed by atoms with Crippen molar-refractivity contribution in [1.82, 2.24) is 4.31 Å². The van der Waals surface area contributed by atoms with Crippen LogP contribution in [0.25, 0.3) is 5.57 Å². The average Bonchev–Trinajstić information content (AvgIpc) is 2.97. The topological polar surface area (TPSA) is 46.6 Å². The maximum absolute atomic E-state index is 13.4. The first-order valence-electron chi connectivity index (χ1n) is 9.53. The molecule has 3 aliphatic rings. The third-order valence-electron chi connectivity index (χ3n) is 5.70. The van der Waals surface area contributed by atoms with Crippen molar-refractivity contribution in [3.8, 4) is 5.75 Å². The molecular formula is C23H25NO3S. The van der Waals surface area contributed by atoms with E-state index in [0.717, 1.165) is 16.9 Å². The summed E-state index contributed by atoms with van der Waals surface area (Å²) in [6.07, 6.45) is 6.44. The van der Waals surface area contributed by atoms with Crippen molar-refractivity contribution in [2.75, 3.05) is 13.7 Å². The zero-order valence-corrected chi connectivity index (χ0v) is 17.2. The largest absolute Gasteiger partial charge is 0.497 e. The number of ether oxygens (including phenoxy) is 1. The van der Waals surface area contributed by atoms with E-state index in [1.165, 1.54) is 5.57 Å². The molecule has 0 spiro atoms. The summed E-state index contributed by atoms with van der Waals surface area (Å²) >= 11 is 0. The van der Waals surface area contributed by atoms with Gasteiger partial charge in [-0.15, -0.1) is 0 Å². The Balaban J connectivity index is 1.73. The number of hydrogen-bond donors (Lipinski definition) is 0. The van der Waals surface area contributed by atoms with Crippen LogP contribution in [0.4, 0.5) is 0 Å². The number of sulfonamides is 1. The monoisotopic (exact) mass is 395 g/mol. The van der Waals surface area contributed by atoms with Gasteiger partial charge in [-0.1, -0.05) is 55.0 Å².